The zero-order valence-corrected chi connectivity index (χ0v) is 24.2. The van der Waals surface area contributed by atoms with Gasteiger partial charge in [-0.2, -0.15) is 0 Å². The van der Waals surface area contributed by atoms with E-state index in [0.717, 1.165) is 54.0 Å². The minimum absolute atomic E-state index is 0.00344. The van der Waals surface area contributed by atoms with Gasteiger partial charge >= 0.3 is 5.97 Å². The number of likely N-dealkylation sites (N-methyl/N-ethyl adjacent to an activating group) is 1. The minimum Gasteiger partial charge on any atom is -0.466 e. The van der Waals surface area contributed by atoms with Crippen LogP contribution in [-0.4, -0.2) is 77.4 Å². The second-order valence-electron chi connectivity index (χ2n) is 10.7. The molecule has 10 heteroatoms. The number of nitrogens with zero attached hydrogens (tertiary/aromatic N) is 5. The molecule has 1 aromatic heterocycles. The Labute approximate surface area is 236 Å². The van der Waals surface area contributed by atoms with Crippen LogP contribution in [0.2, 0.25) is 0 Å². The number of benzene rings is 2. The molecule has 0 saturated carbocycles. The summed E-state index contributed by atoms with van der Waals surface area (Å²) in [6.07, 6.45) is 2.32. The van der Waals surface area contributed by atoms with Crippen LogP contribution in [-0.2, 0) is 33.5 Å². The van der Waals surface area contributed by atoms with Gasteiger partial charge in [-0.05, 0) is 82.7 Å². The lowest BCUT2D eigenvalue weighted by Gasteiger charge is -2.38. The first-order chi connectivity index (χ1) is 19.1. The number of carbonyl (C=O) groups is 2. The van der Waals surface area contributed by atoms with E-state index < -0.39 is 5.54 Å². The maximum absolute atomic E-state index is 13.7. The van der Waals surface area contributed by atoms with Crippen molar-refractivity contribution in [3.05, 3.63) is 59.4 Å². The lowest BCUT2D eigenvalue weighted by Crippen LogP contribution is -2.52. The topological polar surface area (TPSA) is 121 Å². The highest BCUT2D eigenvalue weighted by atomic mass is 16.5. The Kier molecular flexibility index (Phi) is 8.78. The van der Waals surface area contributed by atoms with E-state index in [-0.39, 0.29) is 24.1 Å². The highest BCUT2D eigenvalue weighted by molar-refractivity contribution is 5.95. The Bertz CT molecular complexity index is 1380. The number of imidazole rings is 1. The number of aromatic nitrogens is 2. The molecule has 3 N–H and O–H groups in total. The summed E-state index contributed by atoms with van der Waals surface area (Å²) in [7, 11) is 5.87. The molecule has 1 aliphatic heterocycles. The number of aryl methyl sites for hydroxylation is 1. The number of carbonyl (C=O) groups excluding carboxylic acids is 2. The summed E-state index contributed by atoms with van der Waals surface area (Å²) in [5.74, 6) is 0.686. The maximum atomic E-state index is 13.7. The summed E-state index contributed by atoms with van der Waals surface area (Å²) in [5, 5.41) is 7.69. The first kappa shape index (κ1) is 29.1. The van der Waals surface area contributed by atoms with Crippen molar-refractivity contribution in [2.45, 2.75) is 45.2 Å². The van der Waals surface area contributed by atoms with E-state index in [9.17, 15) is 9.59 Å². The van der Waals surface area contributed by atoms with Crippen molar-refractivity contribution in [2.24, 2.45) is 12.8 Å². The molecule has 2 heterocycles. The van der Waals surface area contributed by atoms with Crippen molar-refractivity contribution in [3.63, 3.8) is 0 Å². The maximum Gasteiger partial charge on any atom is 0.307 e. The minimum atomic E-state index is -0.805. The molecule has 10 nitrogen and oxygen atoms in total. The largest absolute Gasteiger partial charge is 0.466 e. The summed E-state index contributed by atoms with van der Waals surface area (Å²) in [6, 6.07) is 13.5. The third-order valence-corrected chi connectivity index (χ3v) is 8.01. The molecule has 1 aliphatic rings. The second-order valence-corrected chi connectivity index (χ2v) is 10.7. The van der Waals surface area contributed by atoms with Gasteiger partial charge in [0.1, 0.15) is 17.2 Å². The molecule has 214 valence electrons. The average molecular weight is 548 g/mol. The van der Waals surface area contributed by atoms with Crippen molar-refractivity contribution in [1.82, 2.24) is 19.4 Å². The fraction of sp³-hybridized carbons (Fsp3) is 0.467. The number of rotatable bonds is 11. The van der Waals surface area contributed by atoms with Gasteiger partial charge in [-0.25, -0.2) is 4.98 Å². The molecule has 1 unspecified atom stereocenters. The number of esters is 1. The number of nitrogens with one attached hydrogen (secondary N) is 1. The van der Waals surface area contributed by atoms with Gasteiger partial charge in [0, 0.05) is 37.9 Å². The van der Waals surface area contributed by atoms with E-state index in [2.05, 4.69) is 9.47 Å². The molecule has 1 atom stereocenters. The van der Waals surface area contributed by atoms with Crippen molar-refractivity contribution < 1.29 is 14.3 Å². The number of nitrogen functional groups attached to an aromatic ring is 1. The van der Waals surface area contributed by atoms with Gasteiger partial charge in [0.15, 0.2) is 0 Å². The van der Waals surface area contributed by atoms with Gasteiger partial charge in [0.2, 0.25) is 5.91 Å². The van der Waals surface area contributed by atoms with E-state index in [0.29, 0.717) is 25.3 Å². The van der Waals surface area contributed by atoms with Gasteiger partial charge in [-0.15, -0.1) is 0 Å². The number of hydrogen-bond donors (Lipinski definition) is 2. The van der Waals surface area contributed by atoms with Crippen LogP contribution in [0, 0.1) is 5.41 Å². The molecule has 1 saturated heterocycles. The molecule has 0 radical (unpaired) electrons. The Morgan fingerprint density at radius 3 is 2.40 bits per heavy atom. The molecule has 0 bridgehead atoms. The first-order valence-corrected chi connectivity index (χ1v) is 13.8. The third kappa shape index (κ3) is 5.82. The van der Waals surface area contributed by atoms with Gasteiger partial charge < -0.3 is 24.8 Å². The molecule has 0 spiro atoms. The molecule has 3 aromatic rings. The standard InChI is InChI=1S/C30H41N7O3/c1-6-40-27(38)15-18-37(23-12-9-21(10-13-23)28(31)32)20-26-33-24-19-22(11-14-25(24)35(26)5)30(2,34(3)4)29(39)36-16-7-8-17-36/h9-14,19H,6-8,15-18,20H2,1-5H3,(H3,31,32). The molecule has 4 rings (SSSR count). The summed E-state index contributed by atoms with van der Waals surface area (Å²) < 4.78 is 7.21. The van der Waals surface area contributed by atoms with Crippen LogP contribution in [0.25, 0.3) is 11.0 Å². The highest BCUT2D eigenvalue weighted by Gasteiger charge is 2.41. The van der Waals surface area contributed by atoms with Crippen LogP contribution >= 0.6 is 0 Å². The number of fused-ring (bicyclic) bond motifs is 1. The number of ether oxygens (including phenoxy) is 1. The molecule has 1 amide bonds. The Morgan fingerprint density at radius 2 is 1.80 bits per heavy atom. The fourth-order valence-electron chi connectivity index (χ4n) is 5.28. The monoisotopic (exact) mass is 547 g/mol. The van der Waals surface area contributed by atoms with E-state index in [1.165, 1.54) is 0 Å². The third-order valence-electron chi connectivity index (χ3n) is 8.01. The van der Waals surface area contributed by atoms with Gasteiger partial charge in [-0.1, -0.05) is 6.07 Å². The van der Waals surface area contributed by atoms with Crippen molar-refractivity contribution >= 4 is 34.4 Å². The van der Waals surface area contributed by atoms with E-state index in [4.69, 9.17) is 20.9 Å². The highest BCUT2D eigenvalue weighted by Crippen LogP contribution is 2.32. The quantitative estimate of drug-likeness (QED) is 0.215. The Morgan fingerprint density at radius 1 is 1.12 bits per heavy atom. The number of amidine groups is 1. The average Bonchev–Trinajstić information content (AvgIpc) is 3.58. The van der Waals surface area contributed by atoms with Crippen molar-refractivity contribution in [1.29, 1.82) is 5.41 Å². The fourth-order valence-corrected chi connectivity index (χ4v) is 5.28. The van der Waals surface area contributed by atoms with E-state index >= 15 is 0 Å². The lowest BCUT2D eigenvalue weighted by atomic mass is 9.88. The summed E-state index contributed by atoms with van der Waals surface area (Å²) >= 11 is 0. The summed E-state index contributed by atoms with van der Waals surface area (Å²) in [6.45, 7) is 6.61. The molecule has 40 heavy (non-hydrogen) atoms. The van der Waals surface area contributed by atoms with E-state index in [1.807, 2.05) is 68.2 Å². The molecular weight excluding hydrogens is 506 g/mol. The number of amides is 1. The van der Waals surface area contributed by atoms with Crippen LogP contribution in [0.15, 0.2) is 42.5 Å². The predicted octanol–water partition coefficient (Wildman–Crippen LogP) is 3.22. The van der Waals surface area contributed by atoms with E-state index in [1.54, 1.807) is 19.1 Å². The van der Waals surface area contributed by atoms with Crippen molar-refractivity contribution in [2.75, 3.05) is 45.2 Å². The second kappa shape index (κ2) is 12.1. The zero-order chi connectivity index (χ0) is 29.0. The molecule has 2 aromatic carbocycles. The Balaban J connectivity index is 1.66. The smallest absolute Gasteiger partial charge is 0.307 e. The lowest BCUT2D eigenvalue weighted by molar-refractivity contribution is -0.143. The summed E-state index contributed by atoms with van der Waals surface area (Å²) in [4.78, 5) is 36.8. The van der Waals surface area contributed by atoms with Gasteiger partial charge in [0.25, 0.3) is 0 Å². The normalized spacial score (nSPS) is 14.9. The van der Waals surface area contributed by atoms with Crippen LogP contribution in [0.5, 0.6) is 0 Å². The van der Waals surface area contributed by atoms with Gasteiger partial charge in [-0.3, -0.25) is 19.9 Å². The predicted molar refractivity (Wildman–Crippen MR) is 157 cm³/mol. The number of anilines is 1. The molecule has 0 aliphatic carbocycles. The molecular formula is C30H41N7O3. The molecule has 1 fully saturated rings. The van der Waals surface area contributed by atoms with Crippen LogP contribution < -0.4 is 10.6 Å². The summed E-state index contributed by atoms with van der Waals surface area (Å²) in [5.41, 5.74) is 9.05. The number of likely N-dealkylation sites (tertiary alicyclic amines) is 1. The first-order valence-electron chi connectivity index (χ1n) is 13.8. The van der Waals surface area contributed by atoms with Gasteiger partial charge in [0.05, 0.1) is 30.6 Å². The van der Waals surface area contributed by atoms with Crippen molar-refractivity contribution in [3.8, 4) is 0 Å². The Hall–Kier alpha value is -3.92. The van der Waals surface area contributed by atoms with Crippen LogP contribution in [0.1, 0.15) is 50.1 Å². The SMILES string of the molecule is CCOC(=O)CCN(Cc1nc2cc(C(C)(C(=O)N3CCCC3)N(C)C)ccc2n1C)c1ccc(C(=N)N)cc1. The van der Waals surface area contributed by atoms with Crippen LogP contribution in [0.4, 0.5) is 5.69 Å². The number of nitrogens with two attached hydrogens (primary N) is 1. The zero-order valence-electron chi connectivity index (χ0n) is 24.2. The number of hydrogen-bond acceptors (Lipinski definition) is 7. The van der Waals surface area contributed by atoms with Crippen LogP contribution in [0.3, 0.4) is 0 Å².